The Morgan fingerprint density at radius 1 is 1.47 bits per heavy atom. The summed E-state index contributed by atoms with van der Waals surface area (Å²) in [7, 11) is 0. The van der Waals surface area contributed by atoms with Crippen molar-refractivity contribution >= 4 is 12.1 Å². The number of carbonyl (C=O) groups is 1. The summed E-state index contributed by atoms with van der Waals surface area (Å²) in [6, 6.07) is 3.86. The molecule has 2 aliphatic heterocycles. The highest BCUT2D eigenvalue weighted by Crippen LogP contribution is 2.29. The Hall–Kier alpha value is -2.01. The van der Waals surface area contributed by atoms with E-state index >= 15 is 0 Å². The van der Waals surface area contributed by atoms with Crippen LogP contribution in [0.25, 0.3) is 0 Å². The second kappa shape index (κ2) is 5.32. The molecule has 1 aromatic rings. The van der Waals surface area contributed by atoms with Crippen LogP contribution in [-0.2, 0) is 4.79 Å². The van der Waals surface area contributed by atoms with E-state index in [0.717, 1.165) is 37.1 Å². The number of nitrogens with one attached hydrogen (secondary N) is 1. The molecule has 0 aromatic carbocycles. The fourth-order valence-electron chi connectivity index (χ4n) is 2.42. The van der Waals surface area contributed by atoms with Crippen molar-refractivity contribution < 1.29 is 4.79 Å². The number of hydrazone groups is 1. The van der Waals surface area contributed by atoms with Crippen molar-refractivity contribution in [2.24, 2.45) is 5.10 Å². The molecule has 3 heterocycles. The first kappa shape index (κ1) is 12.0. The summed E-state index contributed by atoms with van der Waals surface area (Å²) in [6.07, 6.45) is 8.82. The van der Waals surface area contributed by atoms with Crippen LogP contribution in [0.3, 0.4) is 0 Å². The first-order chi connectivity index (χ1) is 9.36. The summed E-state index contributed by atoms with van der Waals surface area (Å²) in [5, 5.41) is 9.04. The van der Waals surface area contributed by atoms with E-state index in [9.17, 15) is 4.79 Å². The highest BCUT2D eigenvalue weighted by Gasteiger charge is 2.30. The molecular weight excluding hydrogens is 240 g/mol. The lowest BCUT2D eigenvalue weighted by atomic mass is 10.0. The van der Waals surface area contributed by atoms with Crippen molar-refractivity contribution in [3.8, 4) is 0 Å². The SMILES string of the molecule is O=C(C1=CCNCC1)N1N=CCC1c1cccnc1. The van der Waals surface area contributed by atoms with Gasteiger partial charge < -0.3 is 5.32 Å². The van der Waals surface area contributed by atoms with Crippen LogP contribution < -0.4 is 5.32 Å². The quantitative estimate of drug-likeness (QED) is 0.866. The van der Waals surface area contributed by atoms with Gasteiger partial charge in [0.1, 0.15) is 0 Å². The lowest BCUT2D eigenvalue weighted by Gasteiger charge is -2.24. The molecule has 0 radical (unpaired) electrons. The molecule has 3 rings (SSSR count). The van der Waals surface area contributed by atoms with Gasteiger partial charge in [-0.2, -0.15) is 5.10 Å². The van der Waals surface area contributed by atoms with Gasteiger partial charge in [-0.25, -0.2) is 5.01 Å². The third kappa shape index (κ3) is 2.42. The summed E-state index contributed by atoms with van der Waals surface area (Å²) in [6.45, 7) is 1.61. The predicted octanol–water partition coefficient (Wildman–Crippen LogP) is 1.26. The van der Waals surface area contributed by atoms with E-state index in [1.165, 1.54) is 0 Å². The Bertz CT molecular complexity index is 524. The molecule has 98 valence electrons. The van der Waals surface area contributed by atoms with Crippen LogP contribution in [0.5, 0.6) is 0 Å². The molecule has 5 heteroatoms. The van der Waals surface area contributed by atoms with Gasteiger partial charge in [0, 0.05) is 37.1 Å². The van der Waals surface area contributed by atoms with Crippen molar-refractivity contribution in [1.82, 2.24) is 15.3 Å². The van der Waals surface area contributed by atoms with Crippen molar-refractivity contribution in [2.45, 2.75) is 18.9 Å². The average molecular weight is 256 g/mol. The van der Waals surface area contributed by atoms with Gasteiger partial charge in [-0.1, -0.05) is 12.1 Å². The van der Waals surface area contributed by atoms with Gasteiger partial charge in [0.25, 0.3) is 5.91 Å². The number of hydrogen-bond acceptors (Lipinski definition) is 4. The van der Waals surface area contributed by atoms with Gasteiger partial charge in [0.2, 0.25) is 0 Å². The van der Waals surface area contributed by atoms with Crippen LogP contribution >= 0.6 is 0 Å². The van der Waals surface area contributed by atoms with Gasteiger partial charge in [-0.3, -0.25) is 9.78 Å². The van der Waals surface area contributed by atoms with E-state index in [4.69, 9.17) is 0 Å². The van der Waals surface area contributed by atoms with Gasteiger partial charge in [-0.15, -0.1) is 0 Å². The first-order valence-corrected chi connectivity index (χ1v) is 6.52. The smallest absolute Gasteiger partial charge is 0.270 e. The van der Waals surface area contributed by atoms with Crippen LogP contribution in [-0.4, -0.2) is 35.2 Å². The maximum absolute atomic E-state index is 12.5. The number of nitrogens with zero attached hydrogens (tertiary/aromatic N) is 3. The van der Waals surface area contributed by atoms with Gasteiger partial charge in [0.15, 0.2) is 0 Å². The van der Waals surface area contributed by atoms with Crippen LogP contribution in [0.4, 0.5) is 0 Å². The second-order valence-corrected chi connectivity index (χ2v) is 4.67. The first-order valence-electron chi connectivity index (χ1n) is 6.52. The Kier molecular flexibility index (Phi) is 3.37. The summed E-state index contributed by atoms with van der Waals surface area (Å²) < 4.78 is 0. The van der Waals surface area contributed by atoms with E-state index in [-0.39, 0.29) is 11.9 Å². The Labute approximate surface area is 112 Å². The summed E-state index contributed by atoms with van der Waals surface area (Å²) in [5.41, 5.74) is 1.88. The molecule has 1 aromatic heterocycles. The van der Waals surface area contributed by atoms with Crippen LogP contribution in [0.1, 0.15) is 24.4 Å². The van der Waals surface area contributed by atoms with E-state index in [2.05, 4.69) is 15.4 Å². The lowest BCUT2D eigenvalue weighted by molar-refractivity contribution is -0.129. The van der Waals surface area contributed by atoms with Crippen LogP contribution in [0.15, 0.2) is 41.3 Å². The zero-order chi connectivity index (χ0) is 13.1. The monoisotopic (exact) mass is 256 g/mol. The minimum atomic E-state index is -0.0167. The maximum atomic E-state index is 12.5. The summed E-state index contributed by atoms with van der Waals surface area (Å²) in [4.78, 5) is 16.6. The molecule has 0 spiro atoms. The molecule has 0 bridgehead atoms. The highest BCUT2D eigenvalue weighted by atomic mass is 16.2. The minimum Gasteiger partial charge on any atom is -0.313 e. The Morgan fingerprint density at radius 3 is 3.16 bits per heavy atom. The Balaban J connectivity index is 1.81. The van der Waals surface area contributed by atoms with Gasteiger partial charge in [0.05, 0.1) is 6.04 Å². The molecule has 1 N–H and O–H groups in total. The number of amides is 1. The topological polar surface area (TPSA) is 57.6 Å². The van der Waals surface area contributed by atoms with E-state index in [1.54, 1.807) is 23.6 Å². The van der Waals surface area contributed by atoms with Gasteiger partial charge in [-0.05, 0) is 24.6 Å². The van der Waals surface area contributed by atoms with Crippen molar-refractivity contribution in [3.05, 3.63) is 41.7 Å². The molecule has 0 fully saturated rings. The highest BCUT2D eigenvalue weighted by molar-refractivity contribution is 5.95. The largest absolute Gasteiger partial charge is 0.313 e. The molecule has 1 unspecified atom stereocenters. The third-order valence-corrected chi connectivity index (χ3v) is 3.45. The molecule has 1 amide bonds. The number of carbonyl (C=O) groups excluding carboxylic acids is 1. The molecule has 0 aliphatic carbocycles. The maximum Gasteiger partial charge on any atom is 0.270 e. The van der Waals surface area contributed by atoms with Crippen molar-refractivity contribution in [3.63, 3.8) is 0 Å². The van der Waals surface area contributed by atoms with E-state index in [1.807, 2.05) is 18.2 Å². The Morgan fingerprint density at radius 2 is 2.42 bits per heavy atom. The average Bonchev–Trinajstić information content (AvgIpc) is 2.98. The van der Waals surface area contributed by atoms with Gasteiger partial charge >= 0.3 is 0 Å². The predicted molar refractivity (Wildman–Crippen MR) is 72.5 cm³/mol. The molecule has 1 atom stereocenters. The zero-order valence-corrected chi connectivity index (χ0v) is 10.6. The molecule has 0 saturated carbocycles. The standard InChI is InChI=1S/C14H16N4O/c19-14(11-3-7-15-8-4-11)18-13(5-9-17-18)12-2-1-6-16-10-12/h1-3,6,9-10,13,15H,4-5,7-8H2. The normalized spacial score (nSPS) is 22.4. The molecule has 0 saturated heterocycles. The summed E-state index contributed by atoms with van der Waals surface area (Å²) in [5.74, 6) is 0.0177. The summed E-state index contributed by atoms with van der Waals surface area (Å²) >= 11 is 0. The van der Waals surface area contributed by atoms with E-state index in [0.29, 0.717) is 0 Å². The lowest BCUT2D eigenvalue weighted by Crippen LogP contribution is -2.32. The molecular formula is C14H16N4O. The zero-order valence-electron chi connectivity index (χ0n) is 10.6. The number of hydrogen-bond donors (Lipinski definition) is 1. The molecule has 19 heavy (non-hydrogen) atoms. The van der Waals surface area contributed by atoms with Crippen LogP contribution in [0, 0.1) is 0 Å². The third-order valence-electron chi connectivity index (χ3n) is 3.45. The van der Waals surface area contributed by atoms with Crippen molar-refractivity contribution in [1.29, 1.82) is 0 Å². The number of aromatic nitrogens is 1. The molecule has 5 nitrogen and oxygen atoms in total. The second-order valence-electron chi connectivity index (χ2n) is 4.67. The van der Waals surface area contributed by atoms with E-state index < -0.39 is 0 Å². The minimum absolute atomic E-state index is 0.0167. The number of pyridine rings is 1. The van der Waals surface area contributed by atoms with Crippen molar-refractivity contribution in [2.75, 3.05) is 13.1 Å². The fraction of sp³-hybridized carbons (Fsp3) is 0.357. The number of rotatable bonds is 2. The molecule has 2 aliphatic rings. The van der Waals surface area contributed by atoms with Crippen LogP contribution in [0.2, 0.25) is 0 Å². The fourth-order valence-corrected chi connectivity index (χ4v) is 2.42.